The number of hydrogen-bond donors (Lipinski definition) is 0. The zero-order valence-corrected chi connectivity index (χ0v) is 12.8. The minimum atomic E-state index is -0.348. The van der Waals surface area contributed by atoms with Gasteiger partial charge in [-0.25, -0.2) is 0 Å². The van der Waals surface area contributed by atoms with Crippen molar-refractivity contribution in [1.82, 2.24) is 4.90 Å². The maximum Gasteiger partial charge on any atom is 0.499 e. The standard InChI is InChI=1S/C16H23N2O2/c1-11(2)17-13(5)20-15(14-9-7-6-8-10-14)18(12(3)4)16(17)19/h6-12,15H,1-5H3/q+1. The molecule has 1 aromatic rings. The van der Waals surface area contributed by atoms with Crippen LogP contribution in [0.15, 0.2) is 30.3 Å². The molecule has 0 aliphatic carbocycles. The molecule has 1 heterocycles. The van der Waals surface area contributed by atoms with Crippen molar-refractivity contribution in [2.24, 2.45) is 0 Å². The smallest absolute Gasteiger partial charge is 0.418 e. The second-order valence-corrected chi connectivity index (χ2v) is 5.65. The number of rotatable bonds is 3. The molecule has 108 valence electrons. The average molecular weight is 275 g/mol. The van der Waals surface area contributed by atoms with Crippen LogP contribution in [0.5, 0.6) is 0 Å². The third-order valence-electron chi connectivity index (χ3n) is 3.46. The van der Waals surface area contributed by atoms with Crippen molar-refractivity contribution >= 4 is 11.9 Å². The summed E-state index contributed by atoms with van der Waals surface area (Å²) in [6, 6.07) is 10.0. The second-order valence-electron chi connectivity index (χ2n) is 5.65. The fourth-order valence-corrected chi connectivity index (χ4v) is 2.56. The molecule has 0 aromatic heterocycles. The van der Waals surface area contributed by atoms with Crippen LogP contribution in [0.25, 0.3) is 0 Å². The number of urea groups is 1. The molecule has 1 aromatic carbocycles. The minimum absolute atomic E-state index is 0.00704. The second kappa shape index (κ2) is 5.65. The normalized spacial score (nSPS) is 19.9. The molecule has 1 aliphatic rings. The highest BCUT2D eigenvalue weighted by Gasteiger charge is 2.45. The van der Waals surface area contributed by atoms with Gasteiger partial charge in [0.05, 0.1) is 6.04 Å². The number of hydrogen-bond acceptors (Lipinski definition) is 2. The van der Waals surface area contributed by atoms with Crippen molar-refractivity contribution in [3.63, 3.8) is 0 Å². The molecule has 4 nitrogen and oxygen atoms in total. The summed E-state index contributed by atoms with van der Waals surface area (Å²) in [6.07, 6.45) is -0.348. The van der Waals surface area contributed by atoms with Crippen LogP contribution < -0.4 is 0 Å². The Kier molecular flexibility index (Phi) is 4.12. The molecule has 20 heavy (non-hydrogen) atoms. The fourth-order valence-electron chi connectivity index (χ4n) is 2.56. The maximum atomic E-state index is 12.8. The van der Waals surface area contributed by atoms with Gasteiger partial charge in [0.2, 0.25) is 0 Å². The van der Waals surface area contributed by atoms with Crippen molar-refractivity contribution in [3.05, 3.63) is 35.9 Å². The van der Waals surface area contributed by atoms with Gasteiger partial charge in [-0.05, 0) is 27.7 Å². The van der Waals surface area contributed by atoms with Gasteiger partial charge in [0, 0.05) is 12.5 Å². The lowest BCUT2D eigenvalue weighted by Crippen LogP contribution is -2.53. The van der Waals surface area contributed by atoms with Gasteiger partial charge in [-0.1, -0.05) is 30.3 Å². The minimum Gasteiger partial charge on any atom is -0.418 e. The molecule has 4 heteroatoms. The molecule has 1 aliphatic heterocycles. The van der Waals surface area contributed by atoms with E-state index in [1.54, 1.807) is 9.48 Å². The first kappa shape index (κ1) is 14.6. The summed E-state index contributed by atoms with van der Waals surface area (Å²) in [5.74, 6) is 0.663. The van der Waals surface area contributed by atoms with Crippen molar-refractivity contribution in [2.75, 3.05) is 0 Å². The van der Waals surface area contributed by atoms with E-state index >= 15 is 0 Å². The molecule has 0 fully saturated rings. The number of ether oxygens (including phenoxy) is 1. The van der Waals surface area contributed by atoms with Crippen LogP contribution in [0.4, 0.5) is 4.79 Å². The maximum absolute atomic E-state index is 12.8. The largest absolute Gasteiger partial charge is 0.499 e. The van der Waals surface area contributed by atoms with Gasteiger partial charge in [-0.2, -0.15) is 14.3 Å². The SMILES string of the molecule is CC1=[N+](C(C)C)C(=O)N(C(C)C)C(c2ccccc2)O1. The Labute approximate surface area is 120 Å². The van der Waals surface area contributed by atoms with Crippen molar-refractivity contribution in [2.45, 2.75) is 52.9 Å². The van der Waals surface area contributed by atoms with Crippen LogP contribution in [0.1, 0.15) is 46.4 Å². The van der Waals surface area contributed by atoms with Crippen LogP contribution >= 0.6 is 0 Å². The van der Waals surface area contributed by atoms with Gasteiger partial charge in [0.15, 0.2) is 0 Å². The van der Waals surface area contributed by atoms with Crippen LogP contribution in [0, 0.1) is 0 Å². The quantitative estimate of drug-likeness (QED) is 0.792. The van der Waals surface area contributed by atoms with E-state index in [-0.39, 0.29) is 24.3 Å². The lowest BCUT2D eigenvalue weighted by molar-refractivity contribution is -0.496. The summed E-state index contributed by atoms with van der Waals surface area (Å²) in [6.45, 7) is 9.86. The van der Waals surface area contributed by atoms with Gasteiger partial charge in [0.25, 0.3) is 12.1 Å². The first-order valence-electron chi connectivity index (χ1n) is 7.10. The third-order valence-corrected chi connectivity index (χ3v) is 3.46. The van der Waals surface area contributed by atoms with Crippen LogP contribution in [0.3, 0.4) is 0 Å². The van der Waals surface area contributed by atoms with E-state index in [1.165, 1.54) is 0 Å². The molecule has 0 saturated heterocycles. The van der Waals surface area contributed by atoms with Gasteiger partial charge < -0.3 is 4.74 Å². The Morgan fingerprint density at radius 2 is 1.75 bits per heavy atom. The number of nitrogens with zero attached hydrogens (tertiary/aromatic N) is 2. The molecule has 0 bridgehead atoms. The average Bonchev–Trinajstić information content (AvgIpc) is 2.38. The molecule has 0 radical (unpaired) electrons. The van der Waals surface area contributed by atoms with Gasteiger partial charge in [-0.15, -0.1) is 0 Å². The van der Waals surface area contributed by atoms with Crippen LogP contribution in [-0.2, 0) is 4.74 Å². The molecular formula is C16H23N2O2+. The van der Waals surface area contributed by atoms with E-state index in [0.29, 0.717) is 5.90 Å². The summed E-state index contributed by atoms with van der Waals surface area (Å²) in [5, 5.41) is 0. The fraction of sp³-hybridized carbons (Fsp3) is 0.500. The number of carbonyl (C=O) groups excluding carboxylic acids is 1. The monoisotopic (exact) mass is 275 g/mol. The highest BCUT2D eigenvalue weighted by atomic mass is 16.5. The Balaban J connectivity index is 2.46. The van der Waals surface area contributed by atoms with Crippen molar-refractivity contribution in [1.29, 1.82) is 0 Å². The lowest BCUT2D eigenvalue weighted by atomic mass is 10.1. The van der Waals surface area contributed by atoms with E-state index in [1.807, 2.05) is 65.0 Å². The van der Waals surface area contributed by atoms with E-state index in [4.69, 9.17) is 4.74 Å². The highest BCUT2D eigenvalue weighted by Crippen LogP contribution is 2.29. The lowest BCUT2D eigenvalue weighted by Gasteiger charge is -2.33. The van der Waals surface area contributed by atoms with Crippen molar-refractivity contribution in [3.8, 4) is 0 Å². The van der Waals surface area contributed by atoms with E-state index in [0.717, 1.165) is 5.56 Å². The molecule has 0 saturated carbocycles. The highest BCUT2D eigenvalue weighted by molar-refractivity contribution is 5.80. The van der Waals surface area contributed by atoms with E-state index < -0.39 is 0 Å². The molecule has 2 rings (SSSR count). The Bertz CT molecular complexity index is 521. The first-order chi connectivity index (χ1) is 9.43. The Hall–Kier alpha value is -1.84. The predicted molar refractivity (Wildman–Crippen MR) is 78.7 cm³/mol. The molecule has 2 amide bonds. The molecule has 0 spiro atoms. The predicted octanol–water partition coefficient (Wildman–Crippen LogP) is 3.39. The summed E-state index contributed by atoms with van der Waals surface area (Å²) in [5.41, 5.74) is 0.998. The summed E-state index contributed by atoms with van der Waals surface area (Å²) in [7, 11) is 0. The number of carbonyl (C=O) groups is 1. The van der Waals surface area contributed by atoms with Crippen LogP contribution in [0.2, 0.25) is 0 Å². The molecule has 0 N–H and O–H groups in total. The summed E-state index contributed by atoms with van der Waals surface area (Å²) in [4.78, 5) is 14.5. The van der Waals surface area contributed by atoms with Gasteiger partial charge in [-0.3, -0.25) is 0 Å². The van der Waals surface area contributed by atoms with Gasteiger partial charge >= 0.3 is 6.03 Å². The van der Waals surface area contributed by atoms with Gasteiger partial charge in [0.1, 0.15) is 6.04 Å². The zero-order valence-electron chi connectivity index (χ0n) is 12.8. The van der Waals surface area contributed by atoms with Crippen molar-refractivity contribution < 1.29 is 14.1 Å². The number of benzene rings is 1. The molecular weight excluding hydrogens is 252 g/mol. The Morgan fingerprint density at radius 3 is 2.25 bits per heavy atom. The Morgan fingerprint density at radius 1 is 1.15 bits per heavy atom. The number of amides is 2. The van der Waals surface area contributed by atoms with E-state index in [2.05, 4.69) is 0 Å². The third kappa shape index (κ3) is 2.55. The topological polar surface area (TPSA) is 32.5 Å². The molecule has 1 unspecified atom stereocenters. The summed E-state index contributed by atoms with van der Waals surface area (Å²) >= 11 is 0. The van der Waals surface area contributed by atoms with E-state index in [9.17, 15) is 4.79 Å². The zero-order chi connectivity index (χ0) is 14.9. The summed E-state index contributed by atoms with van der Waals surface area (Å²) < 4.78 is 7.75. The molecule has 1 atom stereocenters. The van der Waals surface area contributed by atoms with Crippen LogP contribution in [-0.4, -0.2) is 33.5 Å². The first-order valence-corrected chi connectivity index (χ1v) is 7.10.